The third-order valence-corrected chi connectivity index (χ3v) is 0. The van der Waals surface area contributed by atoms with Gasteiger partial charge in [-0.1, -0.05) is 10.8 Å². The quantitative estimate of drug-likeness (QED) is 0.169. The summed E-state index contributed by atoms with van der Waals surface area (Å²) >= 11 is 7.40. The second kappa shape index (κ2) is 64.2. The van der Waals surface area contributed by atoms with E-state index in [-0.39, 0.29) is 159 Å². The fraction of sp³-hybridized carbons (Fsp3) is 0.625. The van der Waals surface area contributed by atoms with Crippen LogP contribution in [-0.2, 0) is 30.1 Å². The van der Waals surface area contributed by atoms with Crippen LogP contribution in [0.5, 0.6) is 0 Å². The van der Waals surface area contributed by atoms with E-state index in [0.717, 1.165) is 11.4 Å². The molecule has 0 atom stereocenters. The molecular weight excluding hydrogens is 381 g/mol. The van der Waals surface area contributed by atoms with Crippen LogP contribution in [-0.4, -0.2) is 79.2 Å². The van der Waals surface area contributed by atoms with Crippen LogP contribution in [0.3, 0.4) is 0 Å². The molecular formula is C8H18N3Na5O4S2. The third-order valence-electron chi connectivity index (χ3n) is 0. The van der Waals surface area contributed by atoms with Crippen LogP contribution in [0.25, 0.3) is 0 Å². The largest absolute Gasteiger partial charge is 0.870 e. The molecule has 0 aromatic heterocycles. The number of carboxylic acids is 1. The molecule has 14 heteroatoms. The van der Waals surface area contributed by atoms with Crippen molar-refractivity contribution >= 4 is 60.8 Å². The number of nitriles is 2. The maximum absolute atomic E-state index is 8.89. The molecule has 0 saturated heterocycles. The first-order valence-corrected chi connectivity index (χ1v) is 4.37. The van der Waals surface area contributed by atoms with Gasteiger partial charge in [0.25, 0.3) is 0 Å². The Kier molecular flexibility index (Phi) is 211. The number of carbonyl (C=O) groups is 1. The first kappa shape index (κ1) is 72.5. The van der Waals surface area contributed by atoms with Crippen molar-refractivity contribution in [3.63, 3.8) is 0 Å². The number of quaternary nitrogens is 1. The van der Waals surface area contributed by atoms with Crippen LogP contribution < -0.4 is 123 Å². The van der Waals surface area contributed by atoms with Crippen LogP contribution in [0.1, 0.15) is 6.92 Å². The Hall–Kier alpha value is 3.77. The molecule has 0 aliphatic carbocycles. The van der Waals surface area contributed by atoms with Gasteiger partial charge in [-0.15, -0.1) is 0 Å². The fourth-order valence-corrected chi connectivity index (χ4v) is 0. The molecule has 0 saturated carbocycles. The normalized spacial score (nSPS) is 4.50. The van der Waals surface area contributed by atoms with Crippen LogP contribution in [0.15, 0.2) is 0 Å². The average molecular weight is 399 g/mol. The van der Waals surface area contributed by atoms with E-state index in [4.69, 9.17) is 20.4 Å². The van der Waals surface area contributed by atoms with Crippen molar-refractivity contribution < 1.29 is 144 Å². The standard InChI is InChI=1S/C4H12N.C2H4O2.2CHNS.5Na.2H2O.H/c1-5(2,3)4;1-2(3)4;2*2-1-3;;;;;;;;/h1-4H3;1H3,(H,3,4);2*3H;;;;;;2*1H2;/q+1;;;;;4*+1;;;/p-5. The summed E-state index contributed by atoms with van der Waals surface area (Å²) in [5, 5.41) is 25.8. The topological polar surface area (TPSA) is 148 Å². The van der Waals surface area contributed by atoms with Gasteiger partial charge in [0, 0.05) is 5.97 Å². The second-order valence-electron chi connectivity index (χ2n) is 3.36. The zero-order valence-corrected chi connectivity index (χ0v) is 24.0. The molecule has 0 aliphatic rings. The molecule has 0 aliphatic heterocycles. The number of rotatable bonds is 0. The predicted octanol–water partition coefficient (Wildman–Crippen LogP) is -13.9. The number of carbonyl (C=O) groups excluding carboxylic acids is 1. The van der Waals surface area contributed by atoms with E-state index in [1.165, 1.54) is 10.8 Å². The van der Waals surface area contributed by atoms with Gasteiger partial charge < -0.3 is 50.6 Å². The van der Waals surface area contributed by atoms with E-state index in [0.29, 0.717) is 0 Å². The second-order valence-corrected chi connectivity index (χ2v) is 3.72. The van der Waals surface area contributed by atoms with Gasteiger partial charge in [-0.25, -0.2) is 10.5 Å². The number of carboxylic acid groups (broad SMARTS) is 1. The van der Waals surface area contributed by atoms with Crippen molar-refractivity contribution in [2.45, 2.75) is 6.92 Å². The molecule has 0 fully saturated rings. The van der Waals surface area contributed by atoms with E-state index in [1.807, 2.05) is 0 Å². The van der Waals surface area contributed by atoms with E-state index in [2.05, 4.69) is 53.4 Å². The van der Waals surface area contributed by atoms with E-state index in [1.54, 1.807) is 0 Å². The molecule has 0 aromatic carbocycles. The Morgan fingerprint density at radius 1 is 0.909 bits per heavy atom. The van der Waals surface area contributed by atoms with Crippen LogP contribution in [0, 0.1) is 21.3 Å². The summed E-state index contributed by atoms with van der Waals surface area (Å²) in [6.45, 7) is 0.972. The molecule has 22 heavy (non-hydrogen) atoms. The van der Waals surface area contributed by atoms with Crippen molar-refractivity contribution in [2.24, 2.45) is 0 Å². The van der Waals surface area contributed by atoms with Gasteiger partial charge in [-0.2, -0.15) is 0 Å². The number of nitrogens with zero attached hydrogens (tertiary/aromatic N) is 3. The maximum atomic E-state index is 8.89. The first-order valence-electron chi connectivity index (χ1n) is 3.55. The van der Waals surface area contributed by atoms with E-state index < -0.39 is 5.97 Å². The first-order chi connectivity index (χ1) is 6.56. The van der Waals surface area contributed by atoms with Gasteiger partial charge in [0.05, 0.1) is 28.2 Å². The summed E-state index contributed by atoms with van der Waals surface area (Å²) < 4.78 is 1.00. The number of thiocyanates is 2. The van der Waals surface area contributed by atoms with Gasteiger partial charge in [-0.3, -0.25) is 0 Å². The molecule has 0 unspecified atom stereocenters. The van der Waals surface area contributed by atoms with Crippen molar-refractivity contribution in [1.29, 1.82) is 10.5 Å². The summed E-state index contributed by atoms with van der Waals surface area (Å²) in [4.78, 5) is 8.89. The zero-order chi connectivity index (χ0) is 13.5. The number of hydrogen-bond acceptors (Lipinski definition) is 8. The fourth-order valence-electron chi connectivity index (χ4n) is 0. The minimum absolute atomic E-state index is 0. The molecule has 0 radical (unpaired) electrons. The SMILES string of the molecule is CC(=O)[O-].C[N+](C)(C)C.N#C[S-].N#C[S-].[Na+].[Na+].[Na+].[Na+].[NaH].[OH-].[OH-]. The molecule has 0 heterocycles. The Labute approximate surface area is 255 Å². The summed E-state index contributed by atoms with van der Waals surface area (Å²) in [7, 11) is 8.50. The molecule has 0 spiro atoms. The molecule has 0 aromatic rings. The number of hydrogen-bond donors (Lipinski definition) is 0. The van der Waals surface area contributed by atoms with Crippen molar-refractivity contribution in [3.8, 4) is 10.8 Å². The molecule has 2 N–H and O–H groups in total. The van der Waals surface area contributed by atoms with Gasteiger partial charge in [-0.05, 0) is 6.92 Å². The van der Waals surface area contributed by atoms with Crippen molar-refractivity contribution in [1.82, 2.24) is 0 Å². The van der Waals surface area contributed by atoms with Crippen LogP contribution in [0.4, 0.5) is 0 Å². The number of aliphatic carboxylic acids is 1. The molecule has 0 bridgehead atoms. The minimum atomic E-state index is -1.08. The van der Waals surface area contributed by atoms with Gasteiger partial charge in [0.1, 0.15) is 0 Å². The van der Waals surface area contributed by atoms with Crippen molar-refractivity contribution in [2.75, 3.05) is 28.2 Å². The Morgan fingerprint density at radius 2 is 0.909 bits per heavy atom. The van der Waals surface area contributed by atoms with E-state index >= 15 is 0 Å². The monoisotopic (exact) mass is 399 g/mol. The van der Waals surface area contributed by atoms with Crippen molar-refractivity contribution in [3.05, 3.63) is 0 Å². The summed E-state index contributed by atoms with van der Waals surface area (Å²) in [5.74, 6) is -1.08. The molecule has 0 amide bonds. The van der Waals surface area contributed by atoms with Gasteiger partial charge >= 0.3 is 148 Å². The summed E-state index contributed by atoms with van der Waals surface area (Å²) in [6.07, 6.45) is 0. The van der Waals surface area contributed by atoms with Gasteiger partial charge in [0.15, 0.2) is 0 Å². The predicted molar refractivity (Wildman–Crippen MR) is 71.6 cm³/mol. The average Bonchev–Trinajstić information content (AvgIpc) is 1.82. The molecule has 7 nitrogen and oxygen atoms in total. The smallest absolute Gasteiger partial charge is 0.870 e. The minimum Gasteiger partial charge on any atom is -0.870 e. The van der Waals surface area contributed by atoms with Gasteiger partial charge in [0.2, 0.25) is 0 Å². The molecule has 106 valence electrons. The van der Waals surface area contributed by atoms with Crippen LogP contribution in [0.2, 0.25) is 0 Å². The Morgan fingerprint density at radius 3 is 0.909 bits per heavy atom. The van der Waals surface area contributed by atoms with Crippen LogP contribution >= 0.6 is 0 Å². The maximum Gasteiger partial charge on any atom is -0.870 e. The summed E-state index contributed by atoms with van der Waals surface area (Å²) in [5.41, 5.74) is 0. The Bertz CT molecular complexity index is 213. The zero-order valence-electron chi connectivity index (χ0n) is 14.4. The summed E-state index contributed by atoms with van der Waals surface area (Å²) in [6, 6.07) is 0. The van der Waals surface area contributed by atoms with E-state index in [9.17, 15) is 0 Å². The Balaban J connectivity index is -0.00000000749. The molecule has 0 rings (SSSR count). The third kappa shape index (κ3) is 867.